The highest BCUT2D eigenvalue weighted by molar-refractivity contribution is 5.38. The van der Waals surface area contributed by atoms with E-state index in [1.807, 2.05) is 0 Å². The minimum atomic E-state index is 0.294. The lowest BCUT2D eigenvalue weighted by molar-refractivity contribution is 0.250. The molecule has 3 N–H and O–H groups in total. The van der Waals surface area contributed by atoms with Gasteiger partial charge in [-0.2, -0.15) is 0 Å². The lowest BCUT2D eigenvalue weighted by Crippen LogP contribution is -2.43. The van der Waals surface area contributed by atoms with E-state index >= 15 is 0 Å². The third kappa shape index (κ3) is 3.53. The van der Waals surface area contributed by atoms with Gasteiger partial charge in [-0.05, 0) is 45.2 Å². The Kier molecular flexibility index (Phi) is 5.44. The predicted octanol–water partition coefficient (Wildman–Crippen LogP) is 3.17. The monoisotopic (exact) mass is 276 g/mol. The Bertz CT molecular complexity index is 433. The highest BCUT2D eigenvalue weighted by Gasteiger charge is 2.26. The summed E-state index contributed by atoms with van der Waals surface area (Å²) in [5.74, 6) is 1.58. The van der Waals surface area contributed by atoms with Gasteiger partial charge in [0.05, 0.1) is 7.11 Å². The number of hydrogen-bond acceptors (Lipinski definition) is 3. The molecule has 0 aromatic heterocycles. The van der Waals surface area contributed by atoms with Gasteiger partial charge >= 0.3 is 0 Å². The average Bonchev–Trinajstić information content (AvgIpc) is 2.47. The van der Waals surface area contributed by atoms with E-state index in [1.54, 1.807) is 7.11 Å². The van der Waals surface area contributed by atoms with E-state index in [1.165, 1.54) is 36.8 Å². The first-order valence-electron chi connectivity index (χ1n) is 7.76. The fourth-order valence-corrected chi connectivity index (χ4v) is 3.31. The van der Waals surface area contributed by atoms with E-state index < -0.39 is 0 Å². The Balaban J connectivity index is 2.10. The molecular formula is C17H28N2O. The SMILES string of the molecule is COc1ccc(C)cc1C(C)NC1CCCCC1CN. The molecule has 1 aromatic carbocycles. The second kappa shape index (κ2) is 7.09. The van der Waals surface area contributed by atoms with Gasteiger partial charge in [0.2, 0.25) is 0 Å². The lowest BCUT2D eigenvalue weighted by Gasteiger charge is -2.34. The fourth-order valence-electron chi connectivity index (χ4n) is 3.31. The summed E-state index contributed by atoms with van der Waals surface area (Å²) in [5.41, 5.74) is 8.44. The van der Waals surface area contributed by atoms with Crippen LogP contribution in [-0.2, 0) is 0 Å². The van der Waals surface area contributed by atoms with E-state index in [0.29, 0.717) is 18.0 Å². The van der Waals surface area contributed by atoms with Crippen molar-refractivity contribution in [3.05, 3.63) is 29.3 Å². The van der Waals surface area contributed by atoms with Crippen molar-refractivity contribution < 1.29 is 4.74 Å². The van der Waals surface area contributed by atoms with Crippen molar-refractivity contribution in [3.8, 4) is 5.75 Å². The summed E-state index contributed by atoms with van der Waals surface area (Å²) in [6, 6.07) is 7.20. The van der Waals surface area contributed by atoms with E-state index in [2.05, 4.69) is 37.4 Å². The van der Waals surface area contributed by atoms with Crippen LogP contribution in [0, 0.1) is 12.8 Å². The maximum absolute atomic E-state index is 5.92. The molecule has 0 bridgehead atoms. The van der Waals surface area contributed by atoms with E-state index in [4.69, 9.17) is 10.5 Å². The van der Waals surface area contributed by atoms with Crippen molar-refractivity contribution in [1.82, 2.24) is 5.32 Å². The topological polar surface area (TPSA) is 47.3 Å². The zero-order chi connectivity index (χ0) is 14.5. The highest BCUT2D eigenvalue weighted by Crippen LogP contribution is 2.30. The Labute approximate surface area is 122 Å². The predicted molar refractivity (Wildman–Crippen MR) is 84.1 cm³/mol. The van der Waals surface area contributed by atoms with Crippen LogP contribution in [0.1, 0.15) is 49.8 Å². The van der Waals surface area contributed by atoms with Gasteiger partial charge in [0.25, 0.3) is 0 Å². The van der Waals surface area contributed by atoms with Crippen molar-refractivity contribution >= 4 is 0 Å². The highest BCUT2D eigenvalue weighted by atomic mass is 16.5. The van der Waals surface area contributed by atoms with Gasteiger partial charge in [-0.1, -0.05) is 30.5 Å². The molecule has 1 saturated carbocycles. The molecule has 3 atom stereocenters. The maximum Gasteiger partial charge on any atom is 0.123 e. The molecule has 1 fully saturated rings. The van der Waals surface area contributed by atoms with E-state index in [-0.39, 0.29) is 0 Å². The molecule has 0 radical (unpaired) electrons. The number of nitrogens with two attached hydrogens (primary N) is 1. The molecule has 3 unspecified atom stereocenters. The molecule has 3 nitrogen and oxygen atoms in total. The molecular weight excluding hydrogens is 248 g/mol. The summed E-state index contributed by atoms with van der Waals surface area (Å²) in [4.78, 5) is 0. The smallest absolute Gasteiger partial charge is 0.123 e. The molecule has 0 saturated heterocycles. The maximum atomic E-state index is 5.92. The van der Waals surface area contributed by atoms with Crippen LogP contribution in [0.5, 0.6) is 5.75 Å². The number of methoxy groups -OCH3 is 1. The van der Waals surface area contributed by atoms with Gasteiger partial charge in [0.1, 0.15) is 5.75 Å². The fraction of sp³-hybridized carbons (Fsp3) is 0.647. The summed E-state index contributed by atoms with van der Waals surface area (Å²) in [7, 11) is 1.74. The van der Waals surface area contributed by atoms with Crippen LogP contribution in [0.3, 0.4) is 0 Å². The van der Waals surface area contributed by atoms with Gasteiger partial charge < -0.3 is 15.8 Å². The number of aryl methyl sites for hydroxylation is 1. The van der Waals surface area contributed by atoms with Crippen LogP contribution >= 0.6 is 0 Å². The lowest BCUT2D eigenvalue weighted by atomic mass is 9.84. The molecule has 1 aromatic rings. The Hall–Kier alpha value is -1.06. The molecule has 0 amide bonds. The number of ether oxygens (including phenoxy) is 1. The first kappa shape index (κ1) is 15.3. The van der Waals surface area contributed by atoms with Crippen molar-refractivity contribution in [2.75, 3.05) is 13.7 Å². The summed E-state index contributed by atoms with van der Waals surface area (Å²) in [6.45, 7) is 5.13. The molecule has 0 heterocycles. The van der Waals surface area contributed by atoms with Gasteiger partial charge in [-0.15, -0.1) is 0 Å². The van der Waals surface area contributed by atoms with Crippen molar-refractivity contribution in [2.45, 2.75) is 51.6 Å². The molecule has 0 aliphatic heterocycles. The second-order valence-electron chi connectivity index (χ2n) is 6.02. The number of nitrogens with one attached hydrogen (secondary N) is 1. The summed E-state index contributed by atoms with van der Waals surface area (Å²) < 4.78 is 5.50. The molecule has 1 aliphatic rings. The van der Waals surface area contributed by atoms with Crippen molar-refractivity contribution in [2.24, 2.45) is 11.7 Å². The second-order valence-corrected chi connectivity index (χ2v) is 6.02. The molecule has 1 aliphatic carbocycles. The quantitative estimate of drug-likeness (QED) is 0.868. The minimum absolute atomic E-state index is 0.294. The van der Waals surface area contributed by atoms with Gasteiger partial charge in [-0.3, -0.25) is 0 Å². The van der Waals surface area contributed by atoms with Gasteiger partial charge in [0.15, 0.2) is 0 Å². The summed E-state index contributed by atoms with van der Waals surface area (Å²) >= 11 is 0. The van der Waals surface area contributed by atoms with E-state index in [9.17, 15) is 0 Å². The van der Waals surface area contributed by atoms with Gasteiger partial charge in [-0.25, -0.2) is 0 Å². The Morgan fingerprint density at radius 3 is 2.80 bits per heavy atom. The van der Waals surface area contributed by atoms with Crippen LogP contribution in [0.25, 0.3) is 0 Å². The number of rotatable bonds is 5. The van der Waals surface area contributed by atoms with Crippen LogP contribution in [-0.4, -0.2) is 19.7 Å². The van der Waals surface area contributed by atoms with Crippen LogP contribution in [0.15, 0.2) is 18.2 Å². The third-order valence-electron chi connectivity index (χ3n) is 4.53. The molecule has 3 heteroatoms. The molecule has 112 valence electrons. The Morgan fingerprint density at radius 2 is 2.10 bits per heavy atom. The number of hydrogen-bond donors (Lipinski definition) is 2. The zero-order valence-electron chi connectivity index (χ0n) is 13.0. The van der Waals surface area contributed by atoms with Gasteiger partial charge in [0, 0.05) is 17.6 Å². The van der Waals surface area contributed by atoms with Crippen molar-refractivity contribution in [3.63, 3.8) is 0 Å². The molecule has 0 spiro atoms. The third-order valence-corrected chi connectivity index (χ3v) is 4.53. The van der Waals surface area contributed by atoms with Crippen molar-refractivity contribution in [1.29, 1.82) is 0 Å². The largest absolute Gasteiger partial charge is 0.496 e. The summed E-state index contributed by atoms with van der Waals surface area (Å²) in [5, 5.41) is 3.78. The van der Waals surface area contributed by atoms with Crippen LogP contribution in [0.4, 0.5) is 0 Å². The normalized spacial score (nSPS) is 24.4. The van der Waals surface area contributed by atoms with E-state index in [0.717, 1.165) is 12.3 Å². The van der Waals surface area contributed by atoms with Crippen LogP contribution < -0.4 is 15.8 Å². The number of benzene rings is 1. The molecule has 20 heavy (non-hydrogen) atoms. The van der Waals surface area contributed by atoms with Crippen LogP contribution in [0.2, 0.25) is 0 Å². The first-order chi connectivity index (χ1) is 9.65. The Morgan fingerprint density at radius 1 is 1.35 bits per heavy atom. The summed E-state index contributed by atoms with van der Waals surface area (Å²) in [6.07, 6.45) is 5.13. The first-order valence-corrected chi connectivity index (χ1v) is 7.76. The zero-order valence-corrected chi connectivity index (χ0v) is 13.0. The minimum Gasteiger partial charge on any atom is -0.496 e. The molecule has 2 rings (SSSR count). The average molecular weight is 276 g/mol. The standard InChI is InChI=1S/C17H28N2O/c1-12-8-9-17(20-3)15(10-12)13(2)19-16-7-5-4-6-14(16)11-18/h8-10,13-14,16,19H,4-7,11,18H2,1-3H3.